The Morgan fingerprint density at radius 3 is 2.32 bits per heavy atom. The molecule has 1 N–H and O–H groups in total. The minimum atomic E-state index is -4.30. The molecule has 0 unspecified atom stereocenters. The van der Waals surface area contributed by atoms with E-state index in [1.54, 1.807) is 6.92 Å². The van der Waals surface area contributed by atoms with E-state index in [1.807, 2.05) is 0 Å². The number of nitrogens with zero attached hydrogens (tertiary/aromatic N) is 2. The predicted molar refractivity (Wildman–Crippen MR) is 61.0 cm³/mol. The molecule has 0 aliphatic carbocycles. The van der Waals surface area contributed by atoms with Crippen LogP contribution in [0.1, 0.15) is 22.9 Å². The van der Waals surface area contributed by atoms with E-state index in [4.69, 9.17) is 4.42 Å². The van der Waals surface area contributed by atoms with Crippen LogP contribution in [0.25, 0.3) is 0 Å². The Hall–Kier alpha value is -1.89. The van der Waals surface area contributed by atoms with Gasteiger partial charge in [-0.15, -0.1) is 10.2 Å². The van der Waals surface area contributed by atoms with Gasteiger partial charge >= 0.3 is 6.18 Å². The summed E-state index contributed by atoms with van der Waals surface area (Å²) in [4.78, 5) is 0. The monoisotopic (exact) mass is 271 g/mol. The second-order valence-corrected chi connectivity index (χ2v) is 4.01. The van der Waals surface area contributed by atoms with Crippen molar-refractivity contribution in [3.8, 4) is 0 Å². The van der Waals surface area contributed by atoms with E-state index in [9.17, 15) is 13.2 Å². The Morgan fingerprint density at radius 2 is 1.79 bits per heavy atom. The molecular weight excluding hydrogens is 259 g/mol. The third kappa shape index (κ3) is 3.78. The minimum Gasteiger partial charge on any atom is -0.424 e. The van der Waals surface area contributed by atoms with E-state index in [0.29, 0.717) is 24.9 Å². The Bertz CT molecular complexity index is 534. The van der Waals surface area contributed by atoms with Crippen molar-refractivity contribution in [1.29, 1.82) is 0 Å². The van der Waals surface area contributed by atoms with Gasteiger partial charge in [-0.05, 0) is 17.7 Å². The Labute approximate surface area is 107 Å². The van der Waals surface area contributed by atoms with Crippen LogP contribution < -0.4 is 5.32 Å². The first-order valence-corrected chi connectivity index (χ1v) is 5.61. The minimum absolute atomic E-state index is 0.377. The van der Waals surface area contributed by atoms with Crippen LogP contribution in [0.4, 0.5) is 13.2 Å². The van der Waals surface area contributed by atoms with Gasteiger partial charge in [0.25, 0.3) is 0 Å². The SMILES string of the molecule is Cc1nnc(CNCc2ccc(C(F)(F)F)cc2)o1. The van der Waals surface area contributed by atoms with Crippen molar-refractivity contribution in [2.45, 2.75) is 26.2 Å². The molecule has 0 saturated carbocycles. The van der Waals surface area contributed by atoms with E-state index < -0.39 is 11.7 Å². The Balaban J connectivity index is 1.86. The molecular formula is C12H12F3N3O. The van der Waals surface area contributed by atoms with Gasteiger partial charge in [-0.1, -0.05) is 12.1 Å². The van der Waals surface area contributed by atoms with Gasteiger partial charge in [0.15, 0.2) is 0 Å². The molecule has 0 radical (unpaired) electrons. The summed E-state index contributed by atoms with van der Waals surface area (Å²) >= 11 is 0. The number of rotatable bonds is 4. The molecule has 0 atom stereocenters. The number of aromatic nitrogens is 2. The zero-order valence-corrected chi connectivity index (χ0v) is 10.2. The highest BCUT2D eigenvalue weighted by molar-refractivity contribution is 5.24. The molecule has 102 valence electrons. The first-order chi connectivity index (χ1) is 8.95. The largest absolute Gasteiger partial charge is 0.424 e. The predicted octanol–water partition coefficient (Wildman–Crippen LogP) is 2.69. The summed E-state index contributed by atoms with van der Waals surface area (Å²) in [7, 11) is 0. The van der Waals surface area contributed by atoms with Crippen molar-refractivity contribution in [3.63, 3.8) is 0 Å². The third-order valence-electron chi connectivity index (χ3n) is 2.45. The topological polar surface area (TPSA) is 51.0 Å². The van der Waals surface area contributed by atoms with E-state index in [2.05, 4.69) is 15.5 Å². The van der Waals surface area contributed by atoms with Crippen LogP contribution >= 0.6 is 0 Å². The average Bonchev–Trinajstić information content (AvgIpc) is 2.75. The van der Waals surface area contributed by atoms with Gasteiger partial charge in [0.05, 0.1) is 12.1 Å². The number of hydrogen-bond donors (Lipinski definition) is 1. The number of hydrogen-bond acceptors (Lipinski definition) is 4. The van der Waals surface area contributed by atoms with E-state index in [0.717, 1.165) is 17.7 Å². The maximum Gasteiger partial charge on any atom is 0.416 e. The highest BCUT2D eigenvalue weighted by Crippen LogP contribution is 2.28. The molecule has 0 amide bonds. The molecule has 0 aliphatic rings. The number of nitrogens with one attached hydrogen (secondary N) is 1. The molecule has 1 aromatic carbocycles. The molecule has 0 spiro atoms. The molecule has 0 aliphatic heterocycles. The van der Waals surface area contributed by atoms with Crippen LogP contribution in [0.5, 0.6) is 0 Å². The molecule has 2 aromatic rings. The molecule has 1 heterocycles. The van der Waals surface area contributed by atoms with Gasteiger partial charge in [-0.25, -0.2) is 0 Å². The maximum atomic E-state index is 12.4. The maximum absolute atomic E-state index is 12.4. The number of aryl methyl sites for hydroxylation is 1. The second kappa shape index (κ2) is 5.40. The molecule has 2 rings (SSSR count). The lowest BCUT2D eigenvalue weighted by atomic mass is 10.1. The fraction of sp³-hybridized carbons (Fsp3) is 0.333. The third-order valence-corrected chi connectivity index (χ3v) is 2.45. The van der Waals surface area contributed by atoms with Crippen molar-refractivity contribution in [3.05, 3.63) is 47.2 Å². The molecule has 7 heteroatoms. The van der Waals surface area contributed by atoms with Gasteiger partial charge in [-0.3, -0.25) is 0 Å². The van der Waals surface area contributed by atoms with E-state index in [-0.39, 0.29) is 0 Å². The lowest BCUT2D eigenvalue weighted by Gasteiger charge is -2.07. The standard InChI is InChI=1S/C12H12F3N3O/c1-8-17-18-11(19-8)7-16-6-9-2-4-10(5-3-9)12(13,14)15/h2-5,16H,6-7H2,1H3. The van der Waals surface area contributed by atoms with Crippen molar-refractivity contribution in [2.75, 3.05) is 0 Å². The highest BCUT2D eigenvalue weighted by atomic mass is 19.4. The van der Waals surface area contributed by atoms with Gasteiger partial charge in [0.2, 0.25) is 11.8 Å². The number of halogens is 3. The Kier molecular flexibility index (Phi) is 3.84. The highest BCUT2D eigenvalue weighted by Gasteiger charge is 2.29. The normalized spacial score (nSPS) is 11.8. The van der Waals surface area contributed by atoms with Gasteiger partial charge in [0, 0.05) is 13.5 Å². The quantitative estimate of drug-likeness (QED) is 0.928. The van der Waals surface area contributed by atoms with Crippen LogP contribution in [0.3, 0.4) is 0 Å². The first kappa shape index (κ1) is 13.5. The summed E-state index contributed by atoms with van der Waals surface area (Å²) < 4.78 is 42.2. The zero-order chi connectivity index (χ0) is 13.9. The second-order valence-electron chi connectivity index (χ2n) is 4.01. The van der Waals surface area contributed by atoms with Crippen molar-refractivity contribution in [1.82, 2.24) is 15.5 Å². The zero-order valence-electron chi connectivity index (χ0n) is 10.2. The summed E-state index contributed by atoms with van der Waals surface area (Å²) in [6.45, 7) is 2.49. The van der Waals surface area contributed by atoms with Crippen molar-refractivity contribution >= 4 is 0 Å². The van der Waals surface area contributed by atoms with Crippen LogP contribution in [0, 0.1) is 6.92 Å². The number of alkyl halides is 3. The molecule has 4 nitrogen and oxygen atoms in total. The lowest BCUT2D eigenvalue weighted by Crippen LogP contribution is -2.13. The van der Waals surface area contributed by atoms with Crippen LogP contribution in [-0.4, -0.2) is 10.2 Å². The van der Waals surface area contributed by atoms with Gasteiger partial charge < -0.3 is 9.73 Å². The Morgan fingerprint density at radius 1 is 1.11 bits per heavy atom. The molecule has 1 aromatic heterocycles. The molecule has 0 saturated heterocycles. The first-order valence-electron chi connectivity index (χ1n) is 5.61. The smallest absolute Gasteiger partial charge is 0.416 e. The lowest BCUT2D eigenvalue weighted by molar-refractivity contribution is -0.137. The summed E-state index contributed by atoms with van der Waals surface area (Å²) in [6.07, 6.45) is -4.30. The van der Waals surface area contributed by atoms with Crippen LogP contribution in [0.15, 0.2) is 28.7 Å². The number of benzene rings is 1. The van der Waals surface area contributed by atoms with E-state index >= 15 is 0 Å². The fourth-order valence-corrected chi connectivity index (χ4v) is 1.53. The van der Waals surface area contributed by atoms with Crippen molar-refractivity contribution in [2.24, 2.45) is 0 Å². The molecule has 0 fully saturated rings. The van der Waals surface area contributed by atoms with Crippen molar-refractivity contribution < 1.29 is 17.6 Å². The summed E-state index contributed by atoms with van der Waals surface area (Å²) in [5, 5.41) is 10.5. The molecule has 0 bridgehead atoms. The van der Waals surface area contributed by atoms with Gasteiger partial charge in [0.1, 0.15) is 0 Å². The fourth-order valence-electron chi connectivity index (χ4n) is 1.53. The van der Waals surface area contributed by atoms with E-state index in [1.165, 1.54) is 12.1 Å². The van der Waals surface area contributed by atoms with Crippen LogP contribution in [0.2, 0.25) is 0 Å². The summed E-state index contributed by atoms with van der Waals surface area (Å²) in [6, 6.07) is 5.01. The average molecular weight is 271 g/mol. The van der Waals surface area contributed by atoms with Crippen LogP contribution in [-0.2, 0) is 19.3 Å². The van der Waals surface area contributed by atoms with Gasteiger partial charge in [-0.2, -0.15) is 13.2 Å². The summed E-state index contributed by atoms with van der Waals surface area (Å²) in [5.74, 6) is 0.927. The molecule has 19 heavy (non-hydrogen) atoms. The summed E-state index contributed by atoms with van der Waals surface area (Å²) in [5.41, 5.74) is 0.105.